The maximum atomic E-state index is 4.30. The molecule has 1 aromatic carbocycles. The number of aryl methyl sites for hydroxylation is 1. The van der Waals surface area contributed by atoms with E-state index < -0.39 is 0 Å². The minimum Gasteiger partial charge on any atom is -0.265 e. The third-order valence-electron chi connectivity index (χ3n) is 3.08. The van der Waals surface area contributed by atoms with E-state index in [1.54, 1.807) is 0 Å². The van der Waals surface area contributed by atoms with Gasteiger partial charge in [-0.25, -0.2) is 0 Å². The van der Waals surface area contributed by atoms with Gasteiger partial charge in [0.25, 0.3) is 0 Å². The van der Waals surface area contributed by atoms with Crippen molar-refractivity contribution in [3.8, 4) is 0 Å². The Hall–Kier alpha value is -1.57. The van der Waals surface area contributed by atoms with Crippen molar-refractivity contribution in [1.82, 2.24) is 9.78 Å². The van der Waals surface area contributed by atoms with Crippen LogP contribution in [-0.2, 0) is 12.0 Å². The van der Waals surface area contributed by atoms with Gasteiger partial charge in [0.15, 0.2) is 0 Å². The highest BCUT2D eigenvalue weighted by Crippen LogP contribution is 2.22. The van der Waals surface area contributed by atoms with Gasteiger partial charge in [0.2, 0.25) is 0 Å². The summed E-state index contributed by atoms with van der Waals surface area (Å²) in [5, 5.41) is 4.30. The first kappa shape index (κ1) is 11.9. The fraction of sp³-hybridized carbons (Fsp3) is 0.400. The van der Waals surface area contributed by atoms with Crippen molar-refractivity contribution in [2.24, 2.45) is 0 Å². The Morgan fingerprint density at radius 2 is 1.71 bits per heavy atom. The number of hydrogen-bond acceptors (Lipinski definition) is 1. The summed E-state index contributed by atoms with van der Waals surface area (Å²) in [6.45, 7) is 9.64. The summed E-state index contributed by atoms with van der Waals surface area (Å²) >= 11 is 0. The summed E-state index contributed by atoms with van der Waals surface area (Å²) in [5.41, 5.74) is 4.09. The van der Waals surface area contributed by atoms with E-state index in [4.69, 9.17) is 0 Å². The van der Waals surface area contributed by atoms with Gasteiger partial charge in [-0.1, -0.05) is 45.0 Å². The SMILES string of the molecule is Cc1ccnn1Cc1ccc(C(C)(C)C)cc1. The van der Waals surface area contributed by atoms with Crippen molar-refractivity contribution < 1.29 is 0 Å². The molecule has 0 aliphatic rings. The van der Waals surface area contributed by atoms with E-state index in [2.05, 4.69) is 57.1 Å². The quantitative estimate of drug-likeness (QED) is 0.768. The maximum Gasteiger partial charge on any atom is 0.0662 e. The van der Waals surface area contributed by atoms with E-state index in [-0.39, 0.29) is 5.41 Å². The standard InChI is InChI=1S/C15H20N2/c1-12-9-10-16-17(12)11-13-5-7-14(8-6-13)15(2,3)4/h5-10H,11H2,1-4H3. The molecule has 90 valence electrons. The van der Waals surface area contributed by atoms with Crippen LogP contribution in [0, 0.1) is 6.92 Å². The smallest absolute Gasteiger partial charge is 0.0662 e. The summed E-state index contributed by atoms with van der Waals surface area (Å²) in [4.78, 5) is 0. The van der Waals surface area contributed by atoms with Gasteiger partial charge in [-0.15, -0.1) is 0 Å². The van der Waals surface area contributed by atoms with Gasteiger partial charge < -0.3 is 0 Å². The number of aromatic nitrogens is 2. The van der Waals surface area contributed by atoms with Gasteiger partial charge in [-0.05, 0) is 29.5 Å². The van der Waals surface area contributed by atoms with Crippen LogP contribution >= 0.6 is 0 Å². The van der Waals surface area contributed by atoms with E-state index in [1.165, 1.54) is 16.8 Å². The van der Waals surface area contributed by atoms with Crippen molar-refractivity contribution >= 4 is 0 Å². The Kier molecular flexibility index (Phi) is 3.05. The molecule has 2 heteroatoms. The second kappa shape index (κ2) is 4.36. The molecule has 0 fully saturated rings. The molecule has 0 aliphatic heterocycles. The number of hydrogen-bond donors (Lipinski definition) is 0. The molecule has 0 aliphatic carbocycles. The molecule has 1 heterocycles. The minimum absolute atomic E-state index is 0.222. The number of nitrogens with zero attached hydrogens (tertiary/aromatic N) is 2. The van der Waals surface area contributed by atoms with Crippen LogP contribution in [0.4, 0.5) is 0 Å². The molecule has 1 aromatic heterocycles. The number of rotatable bonds is 2. The Bertz CT molecular complexity index is 486. The molecule has 0 atom stereocenters. The zero-order chi connectivity index (χ0) is 12.5. The van der Waals surface area contributed by atoms with E-state index in [0.29, 0.717) is 0 Å². The van der Waals surface area contributed by atoms with Crippen molar-refractivity contribution in [2.45, 2.75) is 39.7 Å². The van der Waals surface area contributed by atoms with Crippen LogP contribution < -0.4 is 0 Å². The topological polar surface area (TPSA) is 17.8 Å². The minimum atomic E-state index is 0.222. The van der Waals surface area contributed by atoms with Crippen LogP contribution in [-0.4, -0.2) is 9.78 Å². The molecule has 0 saturated heterocycles. The van der Waals surface area contributed by atoms with Crippen LogP contribution in [0.15, 0.2) is 36.5 Å². The monoisotopic (exact) mass is 228 g/mol. The maximum absolute atomic E-state index is 4.30. The Labute approximate surface area is 103 Å². The van der Waals surface area contributed by atoms with Gasteiger partial charge >= 0.3 is 0 Å². The predicted molar refractivity (Wildman–Crippen MR) is 71.2 cm³/mol. The summed E-state index contributed by atoms with van der Waals surface area (Å²) in [5.74, 6) is 0. The zero-order valence-electron chi connectivity index (χ0n) is 11.1. The average Bonchev–Trinajstić information content (AvgIpc) is 2.64. The molecule has 0 saturated carbocycles. The van der Waals surface area contributed by atoms with Gasteiger partial charge in [-0.3, -0.25) is 4.68 Å². The lowest BCUT2D eigenvalue weighted by Crippen LogP contribution is -2.11. The molecule has 0 radical (unpaired) electrons. The third kappa shape index (κ3) is 2.76. The van der Waals surface area contributed by atoms with E-state index in [0.717, 1.165) is 6.54 Å². The molecule has 0 amide bonds. The van der Waals surface area contributed by atoms with Crippen LogP contribution in [0.3, 0.4) is 0 Å². The van der Waals surface area contributed by atoms with Crippen molar-refractivity contribution in [3.05, 3.63) is 53.3 Å². The molecule has 2 aromatic rings. The molecule has 17 heavy (non-hydrogen) atoms. The van der Waals surface area contributed by atoms with Gasteiger partial charge in [0.05, 0.1) is 6.54 Å². The lowest BCUT2D eigenvalue weighted by molar-refractivity contribution is 0.589. The molecule has 2 rings (SSSR count). The molecule has 0 N–H and O–H groups in total. The van der Waals surface area contributed by atoms with E-state index >= 15 is 0 Å². The lowest BCUT2D eigenvalue weighted by Gasteiger charge is -2.19. The average molecular weight is 228 g/mol. The normalized spacial score (nSPS) is 11.8. The van der Waals surface area contributed by atoms with Crippen LogP contribution in [0.2, 0.25) is 0 Å². The Morgan fingerprint density at radius 1 is 1.06 bits per heavy atom. The fourth-order valence-corrected chi connectivity index (χ4v) is 1.85. The molecular weight excluding hydrogens is 208 g/mol. The zero-order valence-corrected chi connectivity index (χ0v) is 11.1. The highest BCUT2D eigenvalue weighted by molar-refractivity contribution is 5.27. The van der Waals surface area contributed by atoms with E-state index in [9.17, 15) is 0 Å². The van der Waals surface area contributed by atoms with Crippen molar-refractivity contribution in [1.29, 1.82) is 0 Å². The first-order valence-electron chi connectivity index (χ1n) is 6.04. The number of benzene rings is 1. The third-order valence-corrected chi connectivity index (χ3v) is 3.08. The second-order valence-electron chi connectivity index (χ2n) is 5.58. The van der Waals surface area contributed by atoms with Gasteiger partial charge in [0, 0.05) is 11.9 Å². The summed E-state index contributed by atoms with van der Waals surface area (Å²) < 4.78 is 2.02. The van der Waals surface area contributed by atoms with Crippen molar-refractivity contribution in [2.75, 3.05) is 0 Å². The van der Waals surface area contributed by atoms with Crippen LogP contribution in [0.5, 0.6) is 0 Å². The van der Waals surface area contributed by atoms with Crippen LogP contribution in [0.1, 0.15) is 37.6 Å². The lowest BCUT2D eigenvalue weighted by atomic mass is 9.87. The molecule has 0 bridgehead atoms. The first-order chi connectivity index (χ1) is 7.97. The highest BCUT2D eigenvalue weighted by atomic mass is 15.3. The predicted octanol–water partition coefficient (Wildman–Crippen LogP) is 3.54. The second-order valence-corrected chi connectivity index (χ2v) is 5.58. The van der Waals surface area contributed by atoms with Crippen molar-refractivity contribution in [3.63, 3.8) is 0 Å². The first-order valence-corrected chi connectivity index (χ1v) is 6.04. The molecule has 0 unspecified atom stereocenters. The van der Waals surface area contributed by atoms with Crippen LogP contribution in [0.25, 0.3) is 0 Å². The van der Waals surface area contributed by atoms with E-state index in [1.807, 2.05) is 16.9 Å². The summed E-state index contributed by atoms with van der Waals surface area (Å²) in [6, 6.07) is 10.9. The molecule has 0 spiro atoms. The Morgan fingerprint density at radius 3 is 2.18 bits per heavy atom. The summed E-state index contributed by atoms with van der Waals surface area (Å²) in [6.07, 6.45) is 1.85. The summed E-state index contributed by atoms with van der Waals surface area (Å²) in [7, 11) is 0. The Balaban J connectivity index is 2.17. The van der Waals surface area contributed by atoms with Gasteiger partial charge in [-0.2, -0.15) is 5.10 Å². The molecular formula is C15H20N2. The largest absolute Gasteiger partial charge is 0.265 e. The highest BCUT2D eigenvalue weighted by Gasteiger charge is 2.12. The molecule has 2 nitrogen and oxygen atoms in total. The fourth-order valence-electron chi connectivity index (χ4n) is 1.85. The van der Waals surface area contributed by atoms with Gasteiger partial charge in [0.1, 0.15) is 0 Å².